The Morgan fingerprint density at radius 2 is 2.11 bits per heavy atom. The highest BCUT2D eigenvalue weighted by molar-refractivity contribution is 5.99. The SMILES string of the molecule is Cc1ccc(C)c(C(=O)CN2CCCOCC2)c1. The Hall–Kier alpha value is -1.19. The van der Waals surface area contributed by atoms with Crippen molar-refractivity contribution in [1.29, 1.82) is 0 Å². The molecule has 0 aliphatic carbocycles. The average Bonchev–Trinajstić information content (AvgIpc) is 2.61. The number of ether oxygens (including phenoxy) is 1. The quantitative estimate of drug-likeness (QED) is 0.767. The van der Waals surface area contributed by atoms with Gasteiger partial charge in [0.1, 0.15) is 0 Å². The Bertz CT molecular complexity index is 421. The third kappa shape index (κ3) is 3.40. The summed E-state index contributed by atoms with van der Waals surface area (Å²) in [6.45, 7) is 7.89. The first kappa shape index (κ1) is 13.2. The van der Waals surface area contributed by atoms with Crippen molar-refractivity contribution < 1.29 is 9.53 Å². The lowest BCUT2D eigenvalue weighted by molar-refractivity contribution is 0.0921. The first-order valence-corrected chi connectivity index (χ1v) is 6.57. The maximum absolute atomic E-state index is 12.3. The predicted molar refractivity (Wildman–Crippen MR) is 72.1 cm³/mol. The minimum absolute atomic E-state index is 0.220. The van der Waals surface area contributed by atoms with Crippen LogP contribution in [0.1, 0.15) is 27.9 Å². The van der Waals surface area contributed by atoms with Gasteiger partial charge in [-0.2, -0.15) is 0 Å². The van der Waals surface area contributed by atoms with Crippen LogP contribution in [0.25, 0.3) is 0 Å². The minimum atomic E-state index is 0.220. The fourth-order valence-electron chi connectivity index (χ4n) is 2.28. The molecule has 0 N–H and O–H groups in total. The van der Waals surface area contributed by atoms with Crippen LogP contribution < -0.4 is 0 Å². The van der Waals surface area contributed by atoms with Crippen LogP contribution in [0.5, 0.6) is 0 Å². The molecule has 18 heavy (non-hydrogen) atoms. The van der Waals surface area contributed by atoms with E-state index in [2.05, 4.69) is 4.90 Å². The van der Waals surface area contributed by atoms with Crippen molar-refractivity contribution in [1.82, 2.24) is 4.90 Å². The number of carbonyl (C=O) groups is 1. The molecule has 0 unspecified atom stereocenters. The largest absolute Gasteiger partial charge is 0.380 e. The number of Topliss-reactive ketones (excluding diaryl/α,β-unsaturated/α-hetero) is 1. The molecule has 0 radical (unpaired) electrons. The van der Waals surface area contributed by atoms with E-state index in [0.717, 1.165) is 49.4 Å². The van der Waals surface area contributed by atoms with Crippen LogP contribution >= 0.6 is 0 Å². The molecular weight excluding hydrogens is 226 g/mol. The lowest BCUT2D eigenvalue weighted by atomic mass is 10.0. The van der Waals surface area contributed by atoms with Gasteiger partial charge in [0.2, 0.25) is 0 Å². The molecule has 0 bridgehead atoms. The van der Waals surface area contributed by atoms with E-state index in [-0.39, 0.29) is 5.78 Å². The number of aryl methyl sites for hydroxylation is 2. The molecule has 1 fully saturated rings. The summed E-state index contributed by atoms with van der Waals surface area (Å²) < 4.78 is 5.40. The molecule has 1 heterocycles. The number of carbonyl (C=O) groups excluding carboxylic acids is 1. The van der Waals surface area contributed by atoms with Gasteiger partial charge in [0, 0.05) is 25.3 Å². The summed E-state index contributed by atoms with van der Waals surface area (Å²) in [5.41, 5.74) is 3.07. The van der Waals surface area contributed by atoms with E-state index in [4.69, 9.17) is 4.74 Å². The Labute approximate surface area is 109 Å². The molecular formula is C15H21NO2. The first-order chi connectivity index (χ1) is 8.66. The lowest BCUT2D eigenvalue weighted by Gasteiger charge is -2.18. The fourth-order valence-corrected chi connectivity index (χ4v) is 2.28. The molecule has 0 saturated carbocycles. The minimum Gasteiger partial charge on any atom is -0.380 e. The van der Waals surface area contributed by atoms with Crippen LogP contribution in [0.4, 0.5) is 0 Å². The first-order valence-electron chi connectivity index (χ1n) is 6.57. The zero-order valence-corrected chi connectivity index (χ0v) is 11.2. The van der Waals surface area contributed by atoms with E-state index in [1.54, 1.807) is 0 Å². The molecule has 0 atom stereocenters. The second-order valence-corrected chi connectivity index (χ2v) is 4.98. The summed E-state index contributed by atoms with van der Waals surface area (Å²) in [6, 6.07) is 6.06. The summed E-state index contributed by atoms with van der Waals surface area (Å²) in [5.74, 6) is 0.220. The Balaban J connectivity index is 2.04. The Morgan fingerprint density at radius 3 is 2.94 bits per heavy atom. The number of nitrogens with zero attached hydrogens (tertiary/aromatic N) is 1. The van der Waals surface area contributed by atoms with Gasteiger partial charge in [0.05, 0.1) is 13.2 Å². The Morgan fingerprint density at radius 1 is 1.28 bits per heavy atom. The molecule has 98 valence electrons. The van der Waals surface area contributed by atoms with Gasteiger partial charge in [-0.1, -0.05) is 17.7 Å². The molecule has 1 aromatic rings. The van der Waals surface area contributed by atoms with E-state index in [0.29, 0.717) is 6.54 Å². The van der Waals surface area contributed by atoms with Gasteiger partial charge in [0.25, 0.3) is 0 Å². The van der Waals surface area contributed by atoms with Gasteiger partial charge in [-0.05, 0) is 31.9 Å². The average molecular weight is 247 g/mol. The number of hydrogen-bond donors (Lipinski definition) is 0. The van der Waals surface area contributed by atoms with Crippen molar-refractivity contribution in [3.63, 3.8) is 0 Å². The van der Waals surface area contributed by atoms with Gasteiger partial charge in [-0.15, -0.1) is 0 Å². The topological polar surface area (TPSA) is 29.5 Å². The van der Waals surface area contributed by atoms with E-state index >= 15 is 0 Å². The summed E-state index contributed by atoms with van der Waals surface area (Å²) in [6.07, 6.45) is 1.01. The molecule has 0 spiro atoms. The molecule has 1 aliphatic rings. The lowest BCUT2D eigenvalue weighted by Crippen LogP contribution is -2.32. The Kier molecular flexibility index (Phi) is 4.50. The molecule has 1 aromatic carbocycles. The van der Waals surface area contributed by atoms with Crippen LogP contribution in [-0.4, -0.2) is 43.5 Å². The van der Waals surface area contributed by atoms with Crippen LogP contribution in [0, 0.1) is 13.8 Å². The summed E-state index contributed by atoms with van der Waals surface area (Å²) in [5, 5.41) is 0. The van der Waals surface area contributed by atoms with Gasteiger partial charge >= 0.3 is 0 Å². The molecule has 3 nitrogen and oxygen atoms in total. The van der Waals surface area contributed by atoms with Crippen LogP contribution in [0.3, 0.4) is 0 Å². The highest BCUT2D eigenvalue weighted by atomic mass is 16.5. The van der Waals surface area contributed by atoms with Crippen molar-refractivity contribution in [2.45, 2.75) is 20.3 Å². The van der Waals surface area contributed by atoms with Gasteiger partial charge < -0.3 is 4.74 Å². The van der Waals surface area contributed by atoms with E-state index in [9.17, 15) is 4.79 Å². The molecule has 0 amide bonds. The van der Waals surface area contributed by atoms with Crippen LogP contribution in [-0.2, 0) is 4.74 Å². The number of ketones is 1. The van der Waals surface area contributed by atoms with Crippen molar-refractivity contribution >= 4 is 5.78 Å². The molecule has 3 heteroatoms. The smallest absolute Gasteiger partial charge is 0.177 e. The van der Waals surface area contributed by atoms with Crippen molar-refractivity contribution in [2.24, 2.45) is 0 Å². The second-order valence-electron chi connectivity index (χ2n) is 4.98. The summed E-state index contributed by atoms with van der Waals surface area (Å²) in [4.78, 5) is 14.5. The van der Waals surface area contributed by atoms with E-state index in [1.807, 2.05) is 32.0 Å². The van der Waals surface area contributed by atoms with E-state index in [1.165, 1.54) is 0 Å². The van der Waals surface area contributed by atoms with Gasteiger partial charge in [-0.25, -0.2) is 0 Å². The highest BCUT2D eigenvalue weighted by Crippen LogP contribution is 2.12. The number of benzene rings is 1. The van der Waals surface area contributed by atoms with Crippen molar-refractivity contribution in [3.8, 4) is 0 Å². The molecule has 1 aliphatic heterocycles. The standard InChI is InChI=1S/C15H21NO2/c1-12-4-5-13(2)14(10-12)15(17)11-16-6-3-8-18-9-7-16/h4-5,10H,3,6-9,11H2,1-2H3. The zero-order valence-electron chi connectivity index (χ0n) is 11.2. The number of rotatable bonds is 3. The maximum Gasteiger partial charge on any atom is 0.177 e. The second kappa shape index (κ2) is 6.12. The zero-order chi connectivity index (χ0) is 13.0. The van der Waals surface area contributed by atoms with Gasteiger partial charge in [-0.3, -0.25) is 9.69 Å². The van der Waals surface area contributed by atoms with Crippen molar-refractivity contribution in [3.05, 3.63) is 34.9 Å². The predicted octanol–water partition coefficient (Wildman–Crippen LogP) is 2.21. The number of hydrogen-bond acceptors (Lipinski definition) is 3. The maximum atomic E-state index is 12.3. The molecule has 0 aromatic heterocycles. The molecule has 2 rings (SSSR count). The summed E-state index contributed by atoms with van der Waals surface area (Å²) in [7, 11) is 0. The van der Waals surface area contributed by atoms with Crippen molar-refractivity contribution in [2.75, 3.05) is 32.8 Å². The normalized spacial score (nSPS) is 17.4. The van der Waals surface area contributed by atoms with Crippen LogP contribution in [0.15, 0.2) is 18.2 Å². The molecule has 1 saturated heterocycles. The third-order valence-electron chi connectivity index (χ3n) is 3.38. The fraction of sp³-hybridized carbons (Fsp3) is 0.533. The highest BCUT2D eigenvalue weighted by Gasteiger charge is 2.15. The third-order valence-corrected chi connectivity index (χ3v) is 3.38. The van der Waals surface area contributed by atoms with Crippen LogP contribution in [0.2, 0.25) is 0 Å². The monoisotopic (exact) mass is 247 g/mol. The van der Waals surface area contributed by atoms with E-state index < -0.39 is 0 Å². The van der Waals surface area contributed by atoms with Gasteiger partial charge in [0.15, 0.2) is 5.78 Å². The summed E-state index contributed by atoms with van der Waals surface area (Å²) >= 11 is 0.